The summed E-state index contributed by atoms with van der Waals surface area (Å²) in [6, 6.07) is 12.7. The molecule has 4 aromatic rings. The Kier molecular flexibility index (Phi) is 4.30. The second kappa shape index (κ2) is 6.56. The molecule has 0 N–H and O–H groups in total. The van der Waals surface area contributed by atoms with Crippen molar-refractivity contribution in [1.29, 1.82) is 0 Å². The lowest BCUT2D eigenvalue weighted by Gasteiger charge is -2.20. The average Bonchev–Trinajstić information content (AvgIpc) is 3.13. The molecule has 0 saturated carbocycles. The summed E-state index contributed by atoms with van der Waals surface area (Å²) >= 11 is 0. The molecule has 28 heavy (non-hydrogen) atoms. The van der Waals surface area contributed by atoms with Crippen molar-refractivity contribution in [2.45, 2.75) is 32.1 Å². The minimum absolute atomic E-state index is 0.224. The van der Waals surface area contributed by atoms with Crippen LogP contribution in [0.2, 0.25) is 0 Å². The Balaban J connectivity index is 1.97. The van der Waals surface area contributed by atoms with Gasteiger partial charge >= 0.3 is 0 Å². The van der Waals surface area contributed by atoms with E-state index in [0.29, 0.717) is 17.6 Å². The number of aryl methyl sites for hydroxylation is 3. The zero-order chi connectivity index (χ0) is 20.1. The monoisotopic (exact) mass is 395 g/mol. The maximum absolute atomic E-state index is 13.3. The summed E-state index contributed by atoms with van der Waals surface area (Å²) in [5.74, 6) is 1.01. The molecule has 8 heteroatoms. The van der Waals surface area contributed by atoms with Gasteiger partial charge in [0.25, 0.3) is 10.0 Å². The third-order valence-electron chi connectivity index (χ3n) is 5.03. The van der Waals surface area contributed by atoms with Crippen molar-refractivity contribution in [1.82, 2.24) is 19.6 Å². The topological polar surface area (TPSA) is 80.5 Å². The Hall–Kier alpha value is -3.00. The van der Waals surface area contributed by atoms with E-state index in [2.05, 4.69) is 15.2 Å². The van der Waals surface area contributed by atoms with Crippen LogP contribution in [-0.2, 0) is 16.4 Å². The fraction of sp³-hybridized carbons (Fsp3) is 0.250. The predicted octanol–water partition coefficient (Wildman–Crippen LogP) is 3.28. The number of fused-ring (bicyclic) bond motifs is 3. The molecular weight excluding hydrogens is 374 g/mol. The molecule has 0 aliphatic rings. The van der Waals surface area contributed by atoms with Crippen molar-refractivity contribution in [3.05, 3.63) is 59.4 Å². The molecule has 2 aromatic heterocycles. The lowest BCUT2D eigenvalue weighted by molar-refractivity contribution is 0.594. The molecule has 0 fully saturated rings. The molecule has 0 aliphatic heterocycles. The van der Waals surface area contributed by atoms with Crippen LogP contribution in [0.3, 0.4) is 0 Å². The minimum atomic E-state index is -3.80. The van der Waals surface area contributed by atoms with Crippen LogP contribution in [0.1, 0.15) is 23.9 Å². The molecule has 7 nitrogen and oxygen atoms in total. The molecule has 0 amide bonds. The number of nitrogens with zero attached hydrogens (tertiary/aromatic N) is 5. The Labute approximate surface area is 163 Å². The fourth-order valence-corrected chi connectivity index (χ4v) is 4.44. The Morgan fingerprint density at radius 2 is 1.79 bits per heavy atom. The van der Waals surface area contributed by atoms with E-state index in [-0.39, 0.29) is 10.7 Å². The molecule has 0 radical (unpaired) electrons. The van der Waals surface area contributed by atoms with Crippen molar-refractivity contribution in [2.75, 3.05) is 11.4 Å². The molecule has 2 aromatic carbocycles. The number of anilines is 1. The SMILES string of the molecule is CCc1nnc2c(N(C)S(=O)(=O)c3ccc(C)c(C)c3)nc3ccccc3n12. The van der Waals surface area contributed by atoms with Gasteiger partial charge in [-0.3, -0.25) is 4.40 Å². The zero-order valence-electron chi connectivity index (χ0n) is 16.2. The normalized spacial score (nSPS) is 12.0. The Morgan fingerprint density at radius 1 is 1.04 bits per heavy atom. The van der Waals surface area contributed by atoms with Gasteiger partial charge in [0.15, 0.2) is 5.82 Å². The molecule has 0 unspecified atom stereocenters. The predicted molar refractivity (Wildman–Crippen MR) is 109 cm³/mol. The molecule has 144 valence electrons. The van der Waals surface area contributed by atoms with Crippen molar-refractivity contribution < 1.29 is 8.42 Å². The van der Waals surface area contributed by atoms with Crippen molar-refractivity contribution in [3.8, 4) is 0 Å². The molecule has 0 bridgehead atoms. The van der Waals surface area contributed by atoms with Gasteiger partial charge in [-0.2, -0.15) is 0 Å². The Morgan fingerprint density at radius 3 is 2.50 bits per heavy atom. The van der Waals surface area contributed by atoms with Gasteiger partial charge in [0.05, 0.1) is 15.9 Å². The van der Waals surface area contributed by atoms with Crippen molar-refractivity contribution in [2.24, 2.45) is 0 Å². The molecule has 0 spiro atoms. The van der Waals surface area contributed by atoms with Gasteiger partial charge in [-0.15, -0.1) is 10.2 Å². The van der Waals surface area contributed by atoms with Crippen LogP contribution in [0.5, 0.6) is 0 Å². The van der Waals surface area contributed by atoms with Crippen LogP contribution in [0.15, 0.2) is 47.4 Å². The van der Waals surface area contributed by atoms with Gasteiger partial charge in [0.1, 0.15) is 5.82 Å². The van der Waals surface area contributed by atoms with E-state index >= 15 is 0 Å². The zero-order valence-corrected chi connectivity index (χ0v) is 17.0. The van der Waals surface area contributed by atoms with Crippen LogP contribution in [0.4, 0.5) is 5.82 Å². The second-order valence-corrected chi connectivity index (χ2v) is 8.74. The summed E-state index contributed by atoms with van der Waals surface area (Å²) < 4.78 is 29.6. The van der Waals surface area contributed by atoms with Gasteiger partial charge < -0.3 is 0 Å². The number of sulfonamides is 1. The van der Waals surface area contributed by atoms with E-state index in [0.717, 1.165) is 22.5 Å². The van der Waals surface area contributed by atoms with Gasteiger partial charge in [-0.1, -0.05) is 25.1 Å². The fourth-order valence-electron chi connectivity index (χ4n) is 3.21. The molecule has 0 saturated heterocycles. The highest BCUT2D eigenvalue weighted by Gasteiger charge is 2.27. The van der Waals surface area contributed by atoms with E-state index in [9.17, 15) is 8.42 Å². The van der Waals surface area contributed by atoms with Crippen LogP contribution < -0.4 is 4.31 Å². The number of hydrogen-bond donors (Lipinski definition) is 0. The van der Waals surface area contributed by atoms with Crippen molar-refractivity contribution >= 4 is 32.5 Å². The Bertz CT molecular complexity index is 1310. The van der Waals surface area contributed by atoms with Gasteiger partial charge in [-0.25, -0.2) is 17.7 Å². The maximum atomic E-state index is 13.3. The lowest BCUT2D eigenvalue weighted by atomic mass is 10.1. The summed E-state index contributed by atoms with van der Waals surface area (Å²) in [5.41, 5.74) is 3.91. The van der Waals surface area contributed by atoms with Gasteiger partial charge in [0.2, 0.25) is 5.65 Å². The molecule has 4 rings (SSSR count). The summed E-state index contributed by atoms with van der Waals surface area (Å²) in [6.45, 7) is 5.83. The van der Waals surface area contributed by atoms with Gasteiger partial charge in [0, 0.05) is 13.5 Å². The van der Waals surface area contributed by atoms with E-state index in [4.69, 9.17) is 0 Å². The summed E-state index contributed by atoms with van der Waals surface area (Å²) in [4.78, 5) is 4.83. The molecule has 2 heterocycles. The molecular formula is C20H21N5O2S. The van der Waals surface area contributed by atoms with Crippen LogP contribution in [-0.4, -0.2) is 35.0 Å². The third kappa shape index (κ3) is 2.72. The van der Waals surface area contributed by atoms with E-state index < -0.39 is 10.0 Å². The summed E-state index contributed by atoms with van der Waals surface area (Å²) in [6.07, 6.45) is 0.669. The largest absolute Gasteiger partial charge is 0.274 e. The summed E-state index contributed by atoms with van der Waals surface area (Å²) in [5, 5.41) is 8.48. The van der Waals surface area contributed by atoms with E-state index in [1.807, 2.05) is 55.5 Å². The van der Waals surface area contributed by atoms with Crippen molar-refractivity contribution in [3.63, 3.8) is 0 Å². The van der Waals surface area contributed by atoms with Crippen LogP contribution in [0, 0.1) is 13.8 Å². The number of benzene rings is 2. The standard InChI is InChI=1S/C20H21N5O2S/c1-5-18-22-23-20-19(21-16-8-6-7-9-17(16)25(18)20)24(4)28(26,27)15-11-10-13(2)14(3)12-15/h6-12H,5H2,1-4H3. The smallest absolute Gasteiger partial charge is 0.265 e. The first-order chi connectivity index (χ1) is 13.3. The number of aromatic nitrogens is 4. The highest BCUT2D eigenvalue weighted by molar-refractivity contribution is 7.92. The first-order valence-corrected chi connectivity index (χ1v) is 10.5. The molecule has 0 atom stereocenters. The summed E-state index contributed by atoms with van der Waals surface area (Å²) in [7, 11) is -2.30. The maximum Gasteiger partial charge on any atom is 0.265 e. The first-order valence-electron chi connectivity index (χ1n) is 9.03. The average molecular weight is 395 g/mol. The first kappa shape index (κ1) is 18.4. The van der Waals surface area contributed by atoms with Crippen LogP contribution in [0.25, 0.3) is 16.7 Å². The highest BCUT2D eigenvalue weighted by Crippen LogP contribution is 2.28. The number of rotatable bonds is 4. The number of hydrogen-bond acceptors (Lipinski definition) is 5. The van der Waals surface area contributed by atoms with Gasteiger partial charge in [-0.05, 0) is 49.2 Å². The van der Waals surface area contributed by atoms with E-state index in [1.54, 1.807) is 12.1 Å². The second-order valence-electron chi connectivity index (χ2n) is 6.77. The lowest BCUT2D eigenvalue weighted by Crippen LogP contribution is -2.28. The van der Waals surface area contributed by atoms with Crippen LogP contribution >= 0.6 is 0 Å². The van der Waals surface area contributed by atoms with E-state index in [1.165, 1.54) is 11.4 Å². The third-order valence-corrected chi connectivity index (χ3v) is 6.77. The highest BCUT2D eigenvalue weighted by atomic mass is 32.2. The molecule has 0 aliphatic carbocycles. The quantitative estimate of drug-likeness (QED) is 0.530. The minimum Gasteiger partial charge on any atom is -0.274 e. The number of para-hydroxylation sites is 2.